The second-order valence-electron chi connectivity index (χ2n) is 6.54. The third-order valence-corrected chi connectivity index (χ3v) is 4.54. The second kappa shape index (κ2) is 8.39. The van der Waals surface area contributed by atoms with Gasteiger partial charge in [0.15, 0.2) is 0 Å². The predicted molar refractivity (Wildman–Crippen MR) is 109 cm³/mol. The van der Waals surface area contributed by atoms with E-state index in [2.05, 4.69) is 10.3 Å². The molecule has 140 valence electrons. The molecule has 0 bridgehead atoms. The minimum absolute atomic E-state index is 0.0489. The molecule has 5 heteroatoms. The summed E-state index contributed by atoms with van der Waals surface area (Å²) < 4.78 is 7.98. The summed E-state index contributed by atoms with van der Waals surface area (Å²) in [6.07, 6.45) is 5.36. The molecule has 5 nitrogen and oxygen atoms in total. The minimum Gasteiger partial charge on any atom is -0.487 e. The molecule has 4 rings (SSSR count). The first kappa shape index (κ1) is 17.8. The van der Waals surface area contributed by atoms with Crippen molar-refractivity contribution in [1.82, 2.24) is 14.9 Å². The molecule has 0 aliphatic heterocycles. The first-order valence-electron chi connectivity index (χ1n) is 9.20. The lowest BCUT2D eigenvalue weighted by atomic mass is 10.2. The van der Waals surface area contributed by atoms with Crippen LogP contribution in [-0.4, -0.2) is 15.5 Å². The van der Waals surface area contributed by atoms with Crippen LogP contribution in [0.2, 0.25) is 0 Å². The van der Waals surface area contributed by atoms with Gasteiger partial charge in [0.1, 0.15) is 18.9 Å². The van der Waals surface area contributed by atoms with Crippen LogP contribution in [0.1, 0.15) is 11.1 Å². The molecule has 0 saturated carbocycles. The number of carbonyl (C=O) groups is 1. The number of rotatable bonds is 7. The van der Waals surface area contributed by atoms with E-state index in [-0.39, 0.29) is 12.5 Å². The normalized spacial score (nSPS) is 10.7. The highest BCUT2D eigenvalue weighted by atomic mass is 16.5. The van der Waals surface area contributed by atoms with E-state index in [1.165, 1.54) is 0 Å². The molecular weight excluding hydrogens is 350 g/mol. The van der Waals surface area contributed by atoms with Gasteiger partial charge in [-0.3, -0.25) is 9.78 Å². The third kappa shape index (κ3) is 4.20. The van der Waals surface area contributed by atoms with E-state index < -0.39 is 0 Å². The number of nitrogens with zero attached hydrogens (tertiary/aromatic N) is 2. The van der Waals surface area contributed by atoms with Gasteiger partial charge in [-0.05, 0) is 35.4 Å². The topological polar surface area (TPSA) is 56.1 Å². The van der Waals surface area contributed by atoms with E-state index >= 15 is 0 Å². The number of carbonyl (C=O) groups excluding carboxylic acids is 1. The van der Waals surface area contributed by atoms with Crippen molar-refractivity contribution >= 4 is 16.8 Å². The zero-order chi connectivity index (χ0) is 19.2. The summed E-state index contributed by atoms with van der Waals surface area (Å²) in [6.45, 7) is 1.21. The Labute approximate surface area is 163 Å². The lowest BCUT2D eigenvalue weighted by molar-refractivity contribution is -0.121. The zero-order valence-corrected chi connectivity index (χ0v) is 15.4. The average Bonchev–Trinajstić information content (AvgIpc) is 3.16. The van der Waals surface area contributed by atoms with Gasteiger partial charge in [0.05, 0.1) is 5.52 Å². The summed E-state index contributed by atoms with van der Waals surface area (Å²) in [5, 5.41) is 4.00. The van der Waals surface area contributed by atoms with Gasteiger partial charge >= 0.3 is 0 Å². The Bertz CT molecular complexity index is 1060. The number of fused-ring (bicyclic) bond motifs is 1. The molecule has 0 aliphatic rings. The highest BCUT2D eigenvalue weighted by molar-refractivity contribution is 5.87. The maximum Gasteiger partial charge on any atom is 0.240 e. The number of hydrogen-bond acceptors (Lipinski definition) is 3. The number of para-hydroxylation sites is 1. The second-order valence-corrected chi connectivity index (χ2v) is 6.54. The standard InChI is InChI=1S/C23H21N3O2/c27-22(25-15-18-9-12-24-13-10-18)16-26-14-11-20-7-4-8-21(23(20)26)28-17-19-5-2-1-3-6-19/h1-14H,15-17H2,(H,25,27). The van der Waals surface area contributed by atoms with Gasteiger partial charge < -0.3 is 14.6 Å². The molecule has 4 aromatic rings. The Morgan fingerprint density at radius 3 is 2.57 bits per heavy atom. The molecule has 0 spiro atoms. The van der Waals surface area contributed by atoms with E-state index in [1.807, 2.05) is 77.5 Å². The summed E-state index contributed by atoms with van der Waals surface area (Å²) in [4.78, 5) is 16.4. The van der Waals surface area contributed by atoms with Crippen molar-refractivity contribution in [2.75, 3.05) is 0 Å². The lowest BCUT2D eigenvalue weighted by Crippen LogP contribution is -2.26. The Hall–Kier alpha value is -3.60. The van der Waals surface area contributed by atoms with Crippen molar-refractivity contribution in [3.63, 3.8) is 0 Å². The summed E-state index contributed by atoms with van der Waals surface area (Å²) in [5.74, 6) is 0.723. The lowest BCUT2D eigenvalue weighted by Gasteiger charge is -2.12. The van der Waals surface area contributed by atoms with Gasteiger partial charge in [-0.15, -0.1) is 0 Å². The third-order valence-electron chi connectivity index (χ3n) is 4.54. The number of nitrogens with one attached hydrogen (secondary N) is 1. The molecule has 1 amide bonds. The van der Waals surface area contributed by atoms with Crippen LogP contribution in [0, 0.1) is 0 Å². The van der Waals surface area contributed by atoms with Crippen molar-refractivity contribution in [2.45, 2.75) is 19.7 Å². The summed E-state index contributed by atoms with van der Waals surface area (Å²) in [6, 6.07) is 21.8. The number of pyridine rings is 1. The van der Waals surface area contributed by atoms with Gasteiger partial charge in [0.2, 0.25) is 5.91 Å². The van der Waals surface area contributed by atoms with Crippen LogP contribution in [-0.2, 0) is 24.5 Å². The van der Waals surface area contributed by atoms with Gasteiger partial charge in [-0.1, -0.05) is 42.5 Å². The molecule has 0 aliphatic carbocycles. The molecule has 0 atom stereocenters. The molecule has 2 heterocycles. The first-order chi connectivity index (χ1) is 13.8. The minimum atomic E-state index is -0.0489. The highest BCUT2D eigenvalue weighted by Crippen LogP contribution is 2.27. The molecule has 2 aromatic carbocycles. The first-order valence-corrected chi connectivity index (χ1v) is 9.20. The van der Waals surface area contributed by atoms with E-state index in [1.54, 1.807) is 12.4 Å². The van der Waals surface area contributed by atoms with Crippen LogP contribution in [0.5, 0.6) is 5.75 Å². The van der Waals surface area contributed by atoms with Crippen LogP contribution in [0.4, 0.5) is 0 Å². The molecule has 1 N–H and O–H groups in total. The van der Waals surface area contributed by atoms with Gasteiger partial charge in [-0.2, -0.15) is 0 Å². The fourth-order valence-electron chi connectivity index (χ4n) is 3.12. The Balaban J connectivity index is 1.47. The summed E-state index contributed by atoms with van der Waals surface area (Å²) >= 11 is 0. The van der Waals surface area contributed by atoms with E-state index in [0.29, 0.717) is 13.2 Å². The molecular formula is C23H21N3O2. The van der Waals surface area contributed by atoms with Crippen LogP contribution in [0.3, 0.4) is 0 Å². The molecule has 2 aromatic heterocycles. The molecule has 0 saturated heterocycles. The molecule has 0 radical (unpaired) electrons. The van der Waals surface area contributed by atoms with Gasteiger partial charge in [0.25, 0.3) is 0 Å². The van der Waals surface area contributed by atoms with Crippen LogP contribution >= 0.6 is 0 Å². The fourth-order valence-corrected chi connectivity index (χ4v) is 3.12. The van der Waals surface area contributed by atoms with Crippen LogP contribution in [0.25, 0.3) is 10.9 Å². The van der Waals surface area contributed by atoms with Gasteiger partial charge in [0, 0.05) is 30.5 Å². The van der Waals surface area contributed by atoms with Crippen molar-refractivity contribution in [2.24, 2.45) is 0 Å². The fraction of sp³-hybridized carbons (Fsp3) is 0.130. The van der Waals surface area contributed by atoms with Crippen molar-refractivity contribution in [1.29, 1.82) is 0 Å². The molecule has 0 unspecified atom stereocenters. The van der Waals surface area contributed by atoms with Crippen LogP contribution in [0.15, 0.2) is 85.3 Å². The monoisotopic (exact) mass is 371 g/mol. The number of amides is 1. The SMILES string of the molecule is O=C(Cn1ccc2cccc(OCc3ccccc3)c21)NCc1ccncc1. The van der Waals surface area contributed by atoms with E-state index in [4.69, 9.17) is 4.74 Å². The Morgan fingerprint density at radius 1 is 0.929 bits per heavy atom. The summed E-state index contributed by atoms with van der Waals surface area (Å²) in [7, 11) is 0. The highest BCUT2D eigenvalue weighted by Gasteiger charge is 2.11. The number of aromatic nitrogens is 2. The molecule has 0 fully saturated rings. The Morgan fingerprint density at radius 2 is 1.75 bits per heavy atom. The number of ether oxygens (including phenoxy) is 1. The number of benzene rings is 2. The maximum absolute atomic E-state index is 12.4. The van der Waals surface area contributed by atoms with E-state index in [0.717, 1.165) is 27.8 Å². The predicted octanol–water partition coefficient (Wildman–Crippen LogP) is 3.93. The van der Waals surface area contributed by atoms with Crippen molar-refractivity contribution < 1.29 is 9.53 Å². The van der Waals surface area contributed by atoms with Crippen molar-refractivity contribution in [3.8, 4) is 5.75 Å². The quantitative estimate of drug-likeness (QED) is 0.535. The summed E-state index contributed by atoms with van der Waals surface area (Å²) in [5.41, 5.74) is 3.05. The molecule has 28 heavy (non-hydrogen) atoms. The van der Waals surface area contributed by atoms with Gasteiger partial charge in [-0.25, -0.2) is 0 Å². The van der Waals surface area contributed by atoms with Crippen molar-refractivity contribution in [3.05, 3.63) is 96.4 Å². The van der Waals surface area contributed by atoms with E-state index in [9.17, 15) is 4.79 Å². The maximum atomic E-state index is 12.4. The largest absolute Gasteiger partial charge is 0.487 e. The number of hydrogen-bond donors (Lipinski definition) is 1. The smallest absolute Gasteiger partial charge is 0.240 e. The van der Waals surface area contributed by atoms with Crippen LogP contribution < -0.4 is 10.1 Å². The average molecular weight is 371 g/mol. The Kier molecular flexibility index (Phi) is 5.33. The zero-order valence-electron chi connectivity index (χ0n) is 15.4.